The van der Waals surface area contributed by atoms with Gasteiger partial charge < -0.3 is 4.74 Å². The fourth-order valence-corrected chi connectivity index (χ4v) is 0.519. The van der Waals surface area contributed by atoms with Crippen molar-refractivity contribution >= 4 is 0 Å². The van der Waals surface area contributed by atoms with Gasteiger partial charge in [-0.3, -0.25) is 0 Å². The molecule has 0 amide bonds. The number of hydrogen-bond acceptors (Lipinski definition) is 1. The minimum absolute atomic E-state index is 0.606. The molecule has 0 bridgehead atoms. The summed E-state index contributed by atoms with van der Waals surface area (Å²) in [4.78, 5) is 0. The molecule has 0 saturated carbocycles. The average molecular weight is 140 g/mol. The SMILES string of the molecule is C=CCO/C=C\CC(C)C. The summed E-state index contributed by atoms with van der Waals surface area (Å²) in [5, 5.41) is 0. The molecular weight excluding hydrogens is 124 g/mol. The van der Waals surface area contributed by atoms with Gasteiger partial charge in [-0.25, -0.2) is 0 Å². The second-order valence-corrected chi connectivity index (χ2v) is 2.62. The maximum Gasteiger partial charge on any atom is 0.105 e. The van der Waals surface area contributed by atoms with Gasteiger partial charge in [-0.1, -0.05) is 26.5 Å². The molecule has 0 N–H and O–H groups in total. The first-order valence-corrected chi connectivity index (χ1v) is 3.65. The monoisotopic (exact) mass is 140 g/mol. The summed E-state index contributed by atoms with van der Waals surface area (Å²) >= 11 is 0. The van der Waals surface area contributed by atoms with Crippen molar-refractivity contribution in [1.82, 2.24) is 0 Å². The van der Waals surface area contributed by atoms with E-state index in [-0.39, 0.29) is 0 Å². The van der Waals surface area contributed by atoms with E-state index in [0.29, 0.717) is 12.5 Å². The third-order valence-corrected chi connectivity index (χ3v) is 1.01. The molecule has 0 unspecified atom stereocenters. The minimum atomic E-state index is 0.606. The van der Waals surface area contributed by atoms with Crippen LogP contribution >= 0.6 is 0 Å². The van der Waals surface area contributed by atoms with Gasteiger partial charge in [-0.2, -0.15) is 0 Å². The van der Waals surface area contributed by atoms with Crippen molar-refractivity contribution in [2.75, 3.05) is 6.61 Å². The van der Waals surface area contributed by atoms with Gasteiger partial charge in [-0.05, 0) is 18.4 Å². The molecule has 0 heterocycles. The zero-order valence-corrected chi connectivity index (χ0v) is 6.84. The molecule has 0 spiro atoms. The topological polar surface area (TPSA) is 9.23 Å². The summed E-state index contributed by atoms with van der Waals surface area (Å²) in [6.07, 6.45) is 6.59. The lowest BCUT2D eigenvalue weighted by Crippen LogP contribution is -1.83. The van der Waals surface area contributed by atoms with E-state index < -0.39 is 0 Å². The van der Waals surface area contributed by atoms with Crippen LogP contribution < -0.4 is 0 Å². The highest BCUT2D eigenvalue weighted by Crippen LogP contribution is 1.99. The van der Waals surface area contributed by atoms with Crippen LogP contribution in [0.5, 0.6) is 0 Å². The van der Waals surface area contributed by atoms with Crippen LogP contribution in [-0.2, 0) is 4.74 Å². The van der Waals surface area contributed by atoms with Crippen LogP contribution in [0.15, 0.2) is 25.0 Å². The van der Waals surface area contributed by atoms with Gasteiger partial charge in [0.05, 0.1) is 6.26 Å². The molecule has 0 rings (SSSR count). The molecule has 0 aromatic rings. The average Bonchev–Trinajstić information content (AvgIpc) is 1.87. The molecule has 1 heteroatoms. The van der Waals surface area contributed by atoms with Crippen LogP contribution in [0.3, 0.4) is 0 Å². The molecule has 0 saturated heterocycles. The van der Waals surface area contributed by atoms with Crippen molar-refractivity contribution in [2.45, 2.75) is 20.3 Å². The Hall–Kier alpha value is -0.720. The van der Waals surface area contributed by atoms with Crippen LogP contribution in [0.4, 0.5) is 0 Å². The molecule has 0 atom stereocenters. The van der Waals surface area contributed by atoms with Gasteiger partial charge in [-0.15, -0.1) is 0 Å². The Balaban J connectivity index is 3.11. The Bertz CT molecular complexity index is 103. The Morgan fingerprint density at radius 2 is 2.20 bits per heavy atom. The van der Waals surface area contributed by atoms with Crippen LogP contribution in [0.2, 0.25) is 0 Å². The highest BCUT2D eigenvalue weighted by atomic mass is 16.5. The summed E-state index contributed by atoms with van der Waals surface area (Å²) in [6.45, 7) is 8.50. The molecular formula is C9H16O. The Morgan fingerprint density at radius 3 is 2.70 bits per heavy atom. The highest BCUT2D eigenvalue weighted by Gasteiger charge is 1.85. The number of allylic oxidation sites excluding steroid dienone is 1. The number of hydrogen-bond donors (Lipinski definition) is 0. The van der Waals surface area contributed by atoms with Gasteiger partial charge in [0, 0.05) is 0 Å². The van der Waals surface area contributed by atoms with E-state index >= 15 is 0 Å². The van der Waals surface area contributed by atoms with E-state index in [9.17, 15) is 0 Å². The second kappa shape index (κ2) is 6.40. The third-order valence-electron chi connectivity index (χ3n) is 1.01. The van der Waals surface area contributed by atoms with Gasteiger partial charge in [0.1, 0.15) is 6.61 Å². The van der Waals surface area contributed by atoms with Gasteiger partial charge in [0.2, 0.25) is 0 Å². The quantitative estimate of drug-likeness (QED) is 0.324. The largest absolute Gasteiger partial charge is 0.497 e. The van der Waals surface area contributed by atoms with Crippen molar-refractivity contribution in [3.8, 4) is 0 Å². The van der Waals surface area contributed by atoms with Crippen LogP contribution in [0, 0.1) is 5.92 Å². The van der Waals surface area contributed by atoms with Crippen molar-refractivity contribution in [3.05, 3.63) is 25.0 Å². The smallest absolute Gasteiger partial charge is 0.105 e. The lowest BCUT2D eigenvalue weighted by Gasteiger charge is -1.96. The van der Waals surface area contributed by atoms with Crippen molar-refractivity contribution in [2.24, 2.45) is 5.92 Å². The predicted molar refractivity (Wildman–Crippen MR) is 44.7 cm³/mol. The van der Waals surface area contributed by atoms with Gasteiger partial charge >= 0.3 is 0 Å². The van der Waals surface area contributed by atoms with Crippen molar-refractivity contribution in [1.29, 1.82) is 0 Å². The first kappa shape index (κ1) is 9.28. The first-order valence-electron chi connectivity index (χ1n) is 3.65. The fraction of sp³-hybridized carbons (Fsp3) is 0.556. The normalized spacial score (nSPS) is 10.7. The summed E-state index contributed by atoms with van der Waals surface area (Å²) in [6, 6.07) is 0. The molecule has 0 aromatic heterocycles. The molecule has 0 aliphatic heterocycles. The molecule has 10 heavy (non-hydrogen) atoms. The van der Waals surface area contributed by atoms with E-state index in [1.54, 1.807) is 12.3 Å². The number of rotatable bonds is 5. The van der Waals surface area contributed by atoms with Crippen LogP contribution in [0.25, 0.3) is 0 Å². The van der Waals surface area contributed by atoms with Gasteiger partial charge in [0.25, 0.3) is 0 Å². The number of ether oxygens (including phenoxy) is 1. The lowest BCUT2D eigenvalue weighted by molar-refractivity contribution is 0.288. The Labute approximate surface area is 63.4 Å². The van der Waals surface area contributed by atoms with E-state index in [4.69, 9.17) is 4.74 Å². The van der Waals surface area contributed by atoms with Crippen molar-refractivity contribution in [3.63, 3.8) is 0 Å². The van der Waals surface area contributed by atoms with E-state index in [1.807, 2.05) is 6.08 Å². The molecule has 1 nitrogen and oxygen atoms in total. The molecule has 0 aliphatic carbocycles. The summed E-state index contributed by atoms with van der Waals surface area (Å²) in [5.74, 6) is 0.712. The Morgan fingerprint density at radius 1 is 1.50 bits per heavy atom. The third kappa shape index (κ3) is 7.28. The summed E-state index contributed by atoms with van der Waals surface area (Å²) in [5.41, 5.74) is 0. The molecule has 58 valence electrons. The van der Waals surface area contributed by atoms with Gasteiger partial charge in [0.15, 0.2) is 0 Å². The molecule has 0 fully saturated rings. The maximum atomic E-state index is 5.03. The van der Waals surface area contributed by atoms with E-state index in [1.165, 1.54) is 0 Å². The van der Waals surface area contributed by atoms with Crippen molar-refractivity contribution < 1.29 is 4.74 Å². The standard InChI is InChI=1S/C9H16O/c1-4-7-10-8-5-6-9(2)3/h4-5,8-9H,1,6-7H2,2-3H3/b8-5-. The zero-order valence-electron chi connectivity index (χ0n) is 6.84. The predicted octanol–water partition coefficient (Wildman–Crippen LogP) is 2.75. The minimum Gasteiger partial charge on any atom is -0.497 e. The summed E-state index contributed by atoms with van der Waals surface area (Å²) < 4.78 is 5.03. The van der Waals surface area contributed by atoms with E-state index in [2.05, 4.69) is 20.4 Å². The molecule has 0 radical (unpaired) electrons. The lowest BCUT2D eigenvalue weighted by atomic mass is 10.1. The second-order valence-electron chi connectivity index (χ2n) is 2.62. The first-order chi connectivity index (χ1) is 4.77. The highest BCUT2D eigenvalue weighted by molar-refractivity contribution is 4.76. The fourth-order valence-electron chi connectivity index (χ4n) is 0.519. The molecule has 0 aromatic carbocycles. The Kier molecular flexibility index (Phi) is 5.94. The van der Waals surface area contributed by atoms with Crippen LogP contribution in [-0.4, -0.2) is 6.61 Å². The maximum absolute atomic E-state index is 5.03. The zero-order chi connectivity index (χ0) is 7.82. The molecule has 0 aliphatic rings. The summed E-state index contributed by atoms with van der Waals surface area (Å²) in [7, 11) is 0. The van der Waals surface area contributed by atoms with E-state index in [0.717, 1.165) is 6.42 Å². The van der Waals surface area contributed by atoms with Crippen LogP contribution in [0.1, 0.15) is 20.3 Å².